The molecule has 0 spiro atoms. The van der Waals surface area contributed by atoms with Gasteiger partial charge in [0, 0.05) is 22.9 Å². The summed E-state index contributed by atoms with van der Waals surface area (Å²) in [5.41, 5.74) is 0.948. The van der Waals surface area contributed by atoms with Crippen molar-refractivity contribution in [1.29, 1.82) is 0 Å². The molecule has 2 N–H and O–H groups in total. The number of halogens is 2. The molecule has 2 unspecified atom stereocenters. The predicted octanol–water partition coefficient (Wildman–Crippen LogP) is 3.56. The Balaban J connectivity index is 0.00000122. The highest BCUT2D eigenvalue weighted by Gasteiger charge is 2.36. The van der Waals surface area contributed by atoms with Crippen molar-refractivity contribution in [3.8, 4) is 0 Å². The Morgan fingerprint density at radius 2 is 2.00 bits per heavy atom. The molecule has 1 saturated heterocycles. The number of hydrogen-bond acceptors (Lipinski definition) is 6. The zero-order valence-corrected chi connectivity index (χ0v) is 20.6. The normalized spacial score (nSPS) is 17.3. The van der Waals surface area contributed by atoms with E-state index in [2.05, 4.69) is 4.72 Å². The van der Waals surface area contributed by atoms with Crippen LogP contribution in [0.15, 0.2) is 35.7 Å². The molecule has 1 amide bonds. The highest BCUT2D eigenvalue weighted by atomic mass is 35.5. The van der Waals surface area contributed by atoms with Crippen molar-refractivity contribution in [3.63, 3.8) is 0 Å². The molecule has 0 saturated carbocycles. The Hall–Kier alpha value is -2.31. The maximum Gasteiger partial charge on any atom is 0.290 e. The lowest BCUT2D eigenvalue weighted by atomic mass is 10.1. The molecule has 1 aliphatic heterocycles. The summed E-state index contributed by atoms with van der Waals surface area (Å²) in [6, 6.07) is 7.22. The van der Waals surface area contributed by atoms with Crippen LogP contribution in [0.3, 0.4) is 0 Å². The van der Waals surface area contributed by atoms with Gasteiger partial charge in [-0.2, -0.15) is 4.72 Å². The number of carbonyl (C=O) groups excluding carboxylic acids is 1. The van der Waals surface area contributed by atoms with E-state index in [1.165, 1.54) is 28.4 Å². The van der Waals surface area contributed by atoms with Crippen LogP contribution in [0, 0.1) is 5.82 Å². The van der Waals surface area contributed by atoms with Crippen molar-refractivity contribution in [3.05, 3.63) is 56.3 Å². The second-order valence-electron chi connectivity index (χ2n) is 7.39. The smallest absolute Gasteiger partial charge is 0.290 e. The number of hydrogen-bond donors (Lipinski definition) is 2. The second-order valence-corrected chi connectivity index (χ2v) is 10.7. The fourth-order valence-electron chi connectivity index (χ4n) is 3.14. The lowest BCUT2D eigenvalue weighted by molar-refractivity contribution is -0.123. The van der Waals surface area contributed by atoms with Gasteiger partial charge in [0.05, 0.1) is 10.0 Å². The number of carboxylic acid groups (broad SMARTS) is 1. The standard InChI is InChI=1S/C20H23ClFN3O3S2.CH2O2/c1-13(24(2)3)14-4-6-18(16(22)12-14)25-10-8-17(20(25)26)23-30(27,28)11-9-15-5-7-19(21)29-15;2-1-3/h4-7,9,11-13,17,23H,8,10H2,1-3H3;1H,(H,2,3). The topological polar surface area (TPSA) is 107 Å². The van der Waals surface area contributed by atoms with Crippen LogP contribution in [-0.2, 0) is 19.6 Å². The first kappa shape index (κ1) is 26.9. The summed E-state index contributed by atoms with van der Waals surface area (Å²) < 4.78 is 42.3. The van der Waals surface area contributed by atoms with Crippen LogP contribution < -0.4 is 9.62 Å². The van der Waals surface area contributed by atoms with E-state index in [4.69, 9.17) is 21.5 Å². The van der Waals surface area contributed by atoms with Crippen molar-refractivity contribution < 1.29 is 27.5 Å². The first-order valence-corrected chi connectivity index (χ1v) is 12.5. The summed E-state index contributed by atoms with van der Waals surface area (Å²) >= 11 is 7.08. The third kappa shape index (κ3) is 7.34. The van der Waals surface area contributed by atoms with E-state index >= 15 is 0 Å². The summed E-state index contributed by atoms with van der Waals surface area (Å²) in [5.74, 6) is -0.981. The zero-order chi connectivity index (χ0) is 24.8. The molecule has 0 bridgehead atoms. The van der Waals surface area contributed by atoms with Crippen LogP contribution in [0.5, 0.6) is 0 Å². The van der Waals surface area contributed by atoms with Gasteiger partial charge in [0.15, 0.2) is 0 Å². The Morgan fingerprint density at radius 1 is 1.33 bits per heavy atom. The van der Waals surface area contributed by atoms with Gasteiger partial charge in [-0.3, -0.25) is 9.59 Å². The maximum atomic E-state index is 14.7. The van der Waals surface area contributed by atoms with Crippen molar-refractivity contribution >= 4 is 57.1 Å². The van der Waals surface area contributed by atoms with Crippen LogP contribution >= 0.6 is 22.9 Å². The van der Waals surface area contributed by atoms with E-state index in [0.29, 0.717) is 9.21 Å². The Kier molecular flexibility index (Phi) is 9.56. The number of thiophene rings is 1. The van der Waals surface area contributed by atoms with Gasteiger partial charge in [-0.05, 0) is 63.3 Å². The lowest BCUT2D eigenvalue weighted by Crippen LogP contribution is -2.40. The molecule has 3 rings (SSSR count). The van der Waals surface area contributed by atoms with Crippen molar-refractivity contribution in [2.24, 2.45) is 0 Å². The average Bonchev–Trinajstić information content (AvgIpc) is 3.32. The SMILES string of the molecule is CC(c1ccc(N2CCC(NS(=O)(=O)C=Cc3ccc(Cl)s3)C2=O)c(F)c1)N(C)C.O=CO. The molecule has 2 aromatic rings. The van der Waals surface area contributed by atoms with E-state index in [1.54, 1.807) is 24.3 Å². The number of carbonyl (C=O) groups is 2. The maximum absolute atomic E-state index is 14.7. The van der Waals surface area contributed by atoms with Crippen LogP contribution in [0.25, 0.3) is 6.08 Å². The van der Waals surface area contributed by atoms with Crippen LogP contribution in [0.2, 0.25) is 4.34 Å². The number of nitrogens with zero attached hydrogens (tertiary/aromatic N) is 2. The minimum Gasteiger partial charge on any atom is -0.483 e. The van der Waals surface area contributed by atoms with E-state index in [9.17, 15) is 17.6 Å². The molecule has 12 heteroatoms. The molecule has 180 valence electrons. The second kappa shape index (κ2) is 11.7. The summed E-state index contributed by atoms with van der Waals surface area (Å²) in [5, 5.41) is 7.89. The third-order valence-electron chi connectivity index (χ3n) is 5.04. The number of amides is 1. The van der Waals surface area contributed by atoms with E-state index in [1.807, 2.05) is 25.9 Å². The highest BCUT2D eigenvalue weighted by molar-refractivity contribution is 7.92. The highest BCUT2D eigenvalue weighted by Crippen LogP contribution is 2.29. The Bertz CT molecular complexity index is 1120. The van der Waals surface area contributed by atoms with Crippen molar-refractivity contribution in [1.82, 2.24) is 9.62 Å². The molecule has 1 aliphatic rings. The quantitative estimate of drug-likeness (QED) is 0.544. The summed E-state index contributed by atoms with van der Waals surface area (Å²) in [6.07, 6.45) is 1.67. The molecule has 0 radical (unpaired) electrons. The fourth-order valence-corrected chi connectivity index (χ4v) is 5.21. The van der Waals surface area contributed by atoms with Crippen molar-refractivity contribution in [2.45, 2.75) is 25.4 Å². The van der Waals surface area contributed by atoms with Gasteiger partial charge in [-0.1, -0.05) is 17.7 Å². The van der Waals surface area contributed by atoms with Gasteiger partial charge in [0.1, 0.15) is 11.9 Å². The number of anilines is 1. The van der Waals surface area contributed by atoms with E-state index < -0.39 is 27.8 Å². The van der Waals surface area contributed by atoms with Crippen LogP contribution in [0.4, 0.5) is 10.1 Å². The summed E-state index contributed by atoms with van der Waals surface area (Å²) in [4.78, 5) is 25.0. The van der Waals surface area contributed by atoms with Crippen LogP contribution in [0.1, 0.15) is 29.8 Å². The first-order chi connectivity index (χ1) is 15.5. The van der Waals surface area contributed by atoms with Gasteiger partial charge in [0.25, 0.3) is 6.47 Å². The molecule has 2 heterocycles. The Morgan fingerprint density at radius 3 is 2.55 bits per heavy atom. The number of nitrogens with one attached hydrogen (secondary N) is 1. The minimum atomic E-state index is -3.84. The lowest BCUT2D eigenvalue weighted by Gasteiger charge is -2.22. The molecule has 1 aromatic carbocycles. The largest absolute Gasteiger partial charge is 0.483 e. The molecule has 1 fully saturated rings. The van der Waals surface area contributed by atoms with Crippen LogP contribution in [-0.4, -0.2) is 57.5 Å². The monoisotopic (exact) mass is 517 g/mol. The first-order valence-electron chi connectivity index (χ1n) is 9.80. The van der Waals surface area contributed by atoms with Gasteiger partial charge in [-0.15, -0.1) is 11.3 Å². The number of benzene rings is 1. The van der Waals surface area contributed by atoms with Crippen molar-refractivity contribution in [2.75, 3.05) is 25.5 Å². The molecule has 8 nitrogen and oxygen atoms in total. The third-order valence-corrected chi connectivity index (χ3v) is 7.34. The predicted molar refractivity (Wildman–Crippen MR) is 128 cm³/mol. The molecule has 1 aromatic heterocycles. The molecule has 2 atom stereocenters. The molecular formula is C21H25ClFN3O5S2. The van der Waals surface area contributed by atoms with E-state index in [0.717, 1.165) is 11.0 Å². The van der Waals surface area contributed by atoms with Gasteiger partial charge in [-0.25, -0.2) is 12.8 Å². The summed E-state index contributed by atoms with van der Waals surface area (Å²) in [6.45, 7) is 1.94. The average molecular weight is 518 g/mol. The Labute approximate surface area is 201 Å². The summed E-state index contributed by atoms with van der Waals surface area (Å²) in [7, 11) is -0.0409. The van der Waals surface area contributed by atoms with Gasteiger partial charge < -0.3 is 14.9 Å². The number of rotatable bonds is 7. The molecular weight excluding hydrogens is 493 g/mol. The molecule has 0 aliphatic carbocycles. The fraction of sp³-hybridized carbons (Fsp3) is 0.333. The minimum absolute atomic E-state index is 0.0207. The van der Waals surface area contributed by atoms with E-state index in [-0.39, 0.29) is 31.2 Å². The zero-order valence-electron chi connectivity index (χ0n) is 18.2. The van der Waals surface area contributed by atoms with Gasteiger partial charge in [0.2, 0.25) is 15.9 Å². The number of sulfonamides is 1. The molecule has 33 heavy (non-hydrogen) atoms. The van der Waals surface area contributed by atoms with Gasteiger partial charge >= 0.3 is 0 Å².